The molecule has 2 aromatic carbocycles. The SMILES string of the molecule is CC(Oc1cccc(Cl)c1)C(=O)Nc1cccc(C=O)c1. The highest BCUT2D eigenvalue weighted by molar-refractivity contribution is 6.30. The first-order valence-electron chi connectivity index (χ1n) is 6.37. The maximum absolute atomic E-state index is 12.0. The molecular weight excluding hydrogens is 290 g/mol. The smallest absolute Gasteiger partial charge is 0.265 e. The van der Waals surface area contributed by atoms with Gasteiger partial charge in [0.25, 0.3) is 5.91 Å². The lowest BCUT2D eigenvalue weighted by Gasteiger charge is -2.15. The van der Waals surface area contributed by atoms with Crippen LogP contribution >= 0.6 is 11.6 Å². The van der Waals surface area contributed by atoms with Crippen LogP contribution in [0.3, 0.4) is 0 Å². The summed E-state index contributed by atoms with van der Waals surface area (Å²) in [5, 5.41) is 3.24. The summed E-state index contributed by atoms with van der Waals surface area (Å²) in [6.07, 6.45) is 0.0324. The van der Waals surface area contributed by atoms with E-state index in [0.717, 1.165) is 6.29 Å². The zero-order chi connectivity index (χ0) is 15.2. The van der Waals surface area contributed by atoms with Crippen LogP contribution < -0.4 is 10.1 Å². The van der Waals surface area contributed by atoms with E-state index in [4.69, 9.17) is 16.3 Å². The summed E-state index contributed by atoms with van der Waals surface area (Å²) in [7, 11) is 0. The second kappa shape index (κ2) is 6.90. The zero-order valence-electron chi connectivity index (χ0n) is 11.4. The van der Waals surface area contributed by atoms with E-state index >= 15 is 0 Å². The molecule has 0 aliphatic rings. The minimum absolute atomic E-state index is 0.307. The molecule has 0 saturated carbocycles. The normalized spacial score (nSPS) is 11.5. The van der Waals surface area contributed by atoms with Gasteiger partial charge in [0, 0.05) is 16.3 Å². The van der Waals surface area contributed by atoms with Crippen molar-refractivity contribution >= 4 is 29.5 Å². The number of halogens is 1. The lowest BCUT2D eigenvalue weighted by molar-refractivity contribution is -0.122. The highest BCUT2D eigenvalue weighted by Crippen LogP contribution is 2.19. The molecule has 2 aromatic rings. The minimum atomic E-state index is -0.691. The standard InChI is InChI=1S/C16H14ClNO3/c1-11(21-15-7-3-5-13(17)9-15)16(20)18-14-6-2-4-12(8-14)10-19/h2-11H,1H3,(H,18,20). The highest BCUT2D eigenvalue weighted by atomic mass is 35.5. The number of benzene rings is 2. The van der Waals surface area contributed by atoms with Gasteiger partial charge in [0.05, 0.1) is 0 Å². The number of hydrogen-bond acceptors (Lipinski definition) is 3. The predicted octanol–water partition coefficient (Wildman–Crippen LogP) is 3.56. The van der Waals surface area contributed by atoms with E-state index in [1.54, 1.807) is 55.5 Å². The van der Waals surface area contributed by atoms with E-state index in [2.05, 4.69) is 5.32 Å². The first kappa shape index (κ1) is 15.1. The fraction of sp³-hybridized carbons (Fsp3) is 0.125. The molecular formula is C16H14ClNO3. The van der Waals surface area contributed by atoms with E-state index in [-0.39, 0.29) is 5.91 Å². The molecule has 1 amide bonds. The third-order valence-corrected chi connectivity index (χ3v) is 3.00. The Morgan fingerprint density at radius 2 is 2.00 bits per heavy atom. The van der Waals surface area contributed by atoms with Crippen molar-refractivity contribution in [2.24, 2.45) is 0 Å². The van der Waals surface area contributed by atoms with E-state index < -0.39 is 6.10 Å². The van der Waals surface area contributed by atoms with Crippen molar-refractivity contribution in [3.63, 3.8) is 0 Å². The summed E-state index contributed by atoms with van der Waals surface area (Å²) >= 11 is 5.86. The van der Waals surface area contributed by atoms with Crippen LogP contribution in [0.2, 0.25) is 5.02 Å². The molecule has 1 unspecified atom stereocenters. The molecule has 0 heterocycles. The van der Waals surface area contributed by atoms with Crippen LogP contribution in [-0.4, -0.2) is 18.3 Å². The summed E-state index contributed by atoms with van der Waals surface area (Å²) in [5.41, 5.74) is 1.04. The predicted molar refractivity (Wildman–Crippen MR) is 82.0 cm³/mol. The topological polar surface area (TPSA) is 55.4 Å². The number of hydrogen-bond donors (Lipinski definition) is 1. The third-order valence-electron chi connectivity index (χ3n) is 2.77. The number of ether oxygens (including phenoxy) is 1. The first-order chi connectivity index (χ1) is 10.1. The van der Waals surface area contributed by atoms with Crippen molar-refractivity contribution in [2.75, 3.05) is 5.32 Å². The summed E-state index contributed by atoms with van der Waals surface area (Å²) in [5.74, 6) is 0.213. The van der Waals surface area contributed by atoms with Crippen LogP contribution in [0.4, 0.5) is 5.69 Å². The summed E-state index contributed by atoms with van der Waals surface area (Å²) in [6, 6.07) is 13.5. The van der Waals surface area contributed by atoms with Crippen molar-refractivity contribution in [3.05, 3.63) is 59.1 Å². The second-order valence-corrected chi connectivity index (χ2v) is 4.89. The maximum Gasteiger partial charge on any atom is 0.265 e. The molecule has 4 nitrogen and oxygen atoms in total. The first-order valence-corrected chi connectivity index (χ1v) is 6.74. The van der Waals surface area contributed by atoms with Crippen LogP contribution in [0.5, 0.6) is 5.75 Å². The van der Waals surface area contributed by atoms with E-state index in [0.29, 0.717) is 22.0 Å². The molecule has 0 spiro atoms. The van der Waals surface area contributed by atoms with Gasteiger partial charge < -0.3 is 10.1 Å². The number of rotatable bonds is 5. The fourth-order valence-corrected chi connectivity index (χ4v) is 1.91. The van der Waals surface area contributed by atoms with Crippen LogP contribution in [0.15, 0.2) is 48.5 Å². The Morgan fingerprint density at radius 1 is 1.24 bits per heavy atom. The largest absolute Gasteiger partial charge is 0.481 e. The Kier molecular flexibility index (Phi) is 4.95. The van der Waals surface area contributed by atoms with Gasteiger partial charge in [-0.1, -0.05) is 29.8 Å². The maximum atomic E-state index is 12.0. The number of amides is 1. The average Bonchev–Trinajstić information content (AvgIpc) is 2.47. The monoisotopic (exact) mass is 303 g/mol. The molecule has 0 saturated heterocycles. The molecule has 108 valence electrons. The number of carbonyl (C=O) groups excluding carboxylic acids is 2. The average molecular weight is 304 g/mol. The molecule has 0 aliphatic heterocycles. The van der Waals surface area contributed by atoms with Gasteiger partial charge in [-0.25, -0.2) is 0 Å². The van der Waals surface area contributed by atoms with Crippen molar-refractivity contribution < 1.29 is 14.3 Å². The van der Waals surface area contributed by atoms with Crippen molar-refractivity contribution in [1.82, 2.24) is 0 Å². The molecule has 0 aromatic heterocycles. The van der Waals surface area contributed by atoms with E-state index in [1.807, 2.05) is 0 Å². The van der Waals surface area contributed by atoms with Gasteiger partial charge in [0.2, 0.25) is 0 Å². The zero-order valence-corrected chi connectivity index (χ0v) is 12.1. The van der Waals surface area contributed by atoms with Crippen molar-refractivity contribution in [1.29, 1.82) is 0 Å². The molecule has 0 bridgehead atoms. The Balaban J connectivity index is 2.00. The van der Waals surface area contributed by atoms with Crippen LogP contribution in [0.1, 0.15) is 17.3 Å². The van der Waals surface area contributed by atoms with Crippen LogP contribution in [-0.2, 0) is 4.79 Å². The third kappa shape index (κ3) is 4.33. The summed E-state index contributed by atoms with van der Waals surface area (Å²) in [6.45, 7) is 1.64. The molecule has 0 aliphatic carbocycles. The number of nitrogens with one attached hydrogen (secondary N) is 1. The molecule has 21 heavy (non-hydrogen) atoms. The second-order valence-electron chi connectivity index (χ2n) is 4.45. The van der Waals surface area contributed by atoms with E-state index in [9.17, 15) is 9.59 Å². The van der Waals surface area contributed by atoms with E-state index in [1.165, 1.54) is 0 Å². The molecule has 1 atom stereocenters. The molecule has 1 N–H and O–H groups in total. The molecule has 2 rings (SSSR count). The van der Waals surface area contributed by atoms with Crippen LogP contribution in [0.25, 0.3) is 0 Å². The van der Waals surface area contributed by atoms with Gasteiger partial charge in [-0.2, -0.15) is 0 Å². The Morgan fingerprint density at radius 3 is 2.71 bits per heavy atom. The molecule has 5 heteroatoms. The lowest BCUT2D eigenvalue weighted by atomic mass is 10.2. The Hall–Kier alpha value is -2.33. The van der Waals surface area contributed by atoms with Gasteiger partial charge in [0.15, 0.2) is 6.10 Å². The molecule has 0 fully saturated rings. The summed E-state index contributed by atoms with van der Waals surface area (Å²) < 4.78 is 5.52. The molecule has 0 radical (unpaired) electrons. The minimum Gasteiger partial charge on any atom is -0.481 e. The van der Waals surface area contributed by atoms with Gasteiger partial charge in [-0.3, -0.25) is 9.59 Å². The van der Waals surface area contributed by atoms with Gasteiger partial charge >= 0.3 is 0 Å². The number of aldehydes is 1. The fourth-order valence-electron chi connectivity index (χ4n) is 1.73. The quantitative estimate of drug-likeness (QED) is 0.859. The number of anilines is 1. The van der Waals surface area contributed by atoms with Gasteiger partial charge in [0.1, 0.15) is 12.0 Å². The summed E-state index contributed by atoms with van der Waals surface area (Å²) in [4.78, 5) is 22.7. The number of carbonyl (C=O) groups is 2. The lowest BCUT2D eigenvalue weighted by Crippen LogP contribution is -2.30. The highest BCUT2D eigenvalue weighted by Gasteiger charge is 2.15. The van der Waals surface area contributed by atoms with Crippen LogP contribution in [0, 0.1) is 0 Å². The van der Waals surface area contributed by atoms with Crippen molar-refractivity contribution in [2.45, 2.75) is 13.0 Å². The van der Waals surface area contributed by atoms with Gasteiger partial charge in [-0.05, 0) is 37.3 Å². The Bertz CT molecular complexity index is 657. The Labute approximate surface area is 127 Å². The van der Waals surface area contributed by atoms with Gasteiger partial charge in [-0.15, -0.1) is 0 Å². The van der Waals surface area contributed by atoms with Crippen molar-refractivity contribution in [3.8, 4) is 5.75 Å².